The molecule has 0 spiro atoms. The number of benzene rings is 2. The van der Waals surface area contributed by atoms with E-state index in [9.17, 15) is 14.9 Å². The summed E-state index contributed by atoms with van der Waals surface area (Å²) in [6, 6.07) is 14.4. The van der Waals surface area contributed by atoms with Crippen LogP contribution in [0.15, 0.2) is 48.5 Å². The van der Waals surface area contributed by atoms with E-state index in [-0.39, 0.29) is 17.3 Å². The van der Waals surface area contributed by atoms with Crippen LogP contribution in [-0.2, 0) is 0 Å². The smallest absolute Gasteiger partial charge is 0.282 e. The number of para-hydroxylation sites is 1. The molecule has 0 bridgehead atoms. The van der Waals surface area contributed by atoms with Crippen LogP contribution in [0.1, 0.15) is 22.0 Å². The third kappa shape index (κ3) is 5.14. The minimum absolute atomic E-state index is 0.00151. The molecule has 3 rings (SSSR count). The van der Waals surface area contributed by atoms with E-state index in [1.54, 1.807) is 12.1 Å². The van der Waals surface area contributed by atoms with Crippen LogP contribution >= 0.6 is 0 Å². The number of hydrogen-bond donors (Lipinski definition) is 1. The van der Waals surface area contributed by atoms with Crippen LogP contribution in [0, 0.1) is 10.1 Å². The Morgan fingerprint density at radius 3 is 2.33 bits per heavy atom. The lowest BCUT2D eigenvalue weighted by Crippen LogP contribution is -2.48. The molecule has 8 heteroatoms. The highest BCUT2D eigenvalue weighted by Gasteiger charge is 2.26. The van der Waals surface area contributed by atoms with Crippen LogP contribution in [0.4, 0.5) is 11.4 Å². The summed E-state index contributed by atoms with van der Waals surface area (Å²) in [5.74, 6) is -0.425. The van der Waals surface area contributed by atoms with Crippen molar-refractivity contribution < 1.29 is 9.72 Å². The van der Waals surface area contributed by atoms with Crippen molar-refractivity contribution in [2.75, 3.05) is 58.8 Å². The molecular weight excluding hydrogens is 382 g/mol. The van der Waals surface area contributed by atoms with Crippen LogP contribution in [0.5, 0.6) is 0 Å². The van der Waals surface area contributed by atoms with Gasteiger partial charge >= 0.3 is 0 Å². The standard InChI is InChI=1S/C22H29N5O3/c1-24(2)18-10-8-17(9-11-18)21(26-14-12-25(3)13-15-26)16-23-22(28)19-6-4-5-7-20(19)27(29)30/h4-11,21H,12-16H2,1-3H3,(H,23,28)/t21-/m0/s1. The Labute approximate surface area is 177 Å². The van der Waals surface area contributed by atoms with Gasteiger partial charge in [-0.25, -0.2) is 0 Å². The third-order valence-corrected chi connectivity index (χ3v) is 5.57. The van der Waals surface area contributed by atoms with E-state index >= 15 is 0 Å². The van der Waals surface area contributed by atoms with Gasteiger partial charge < -0.3 is 15.1 Å². The predicted octanol–water partition coefficient (Wildman–Crippen LogP) is 2.38. The van der Waals surface area contributed by atoms with Gasteiger partial charge in [0.15, 0.2) is 0 Å². The van der Waals surface area contributed by atoms with Gasteiger partial charge in [-0.15, -0.1) is 0 Å². The summed E-state index contributed by atoms with van der Waals surface area (Å²) in [7, 11) is 6.11. The number of piperazine rings is 1. The van der Waals surface area contributed by atoms with E-state index in [1.807, 2.05) is 19.0 Å². The van der Waals surface area contributed by atoms with Crippen molar-refractivity contribution in [2.45, 2.75) is 6.04 Å². The molecule has 2 aromatic carbocycles. The number of carbonyl (C=O) groups is 1. The minimum atomic E-state index is -0.521. The van der Waals surface area contributed by atoms with Crippen molar-refractivity contribution >= 4 is 17.3 Å². The van der Waals surface area contributed by atoms with Crippen molar-refractivity contribution in [3.05, 3.63) is 69.8 Å². The number of carbonyl (C=O) groups excluding carboxylic acids is 1. The van der Waals surface area contributed by atoms with Gasteiger partial charge in [0.25, 0.3) is 11.6 Å². The molecular formula is C22H29N5O3. The topological polar surface area (TPSA) is 82.0 Å². The first-order chi connectivity index (χ1) is 14.4. The van der Waals surface area contributed by atoms with E-state index in [0.29, 0.717) is 6.54 Å². The number of likely N-dealkylation sites (N-methyl/N-ethyl adjacent to an activating group) is 1. The summed E-state index contributed by atoms with van der Waals surface area (Å²) in [5.41, 5.74) is 2.14. The second kappa shape index (κ2) is 9.69. The fraction of sp³-hybridized carbons (Fsp3) is 0.409. The van der Waals surface area contributed by atoms with Gasteiger partial charge in [0.05, 0.1) is 11.0 Å². The molecule has 0 saturated carbocycles. The molecule has 30 heavy (non-hydrogen) atoms. The summed E-state index contributed by atoms with van der Waals surface area (Å²) >= 11 is 0. The molecule has 0 radical (unpaired) electrons. The zero-order chi connectivity index (χ0) is 21.7. The Bertz CT molecular complexity index is 877. The molecule has 160 valence electrons. The molecule has 2 aromatic rings. The second-order valence-corrected chi connectivity index (χ2v) is 7.83. The highest BCUT2D eigenvalue weighted by atomic mass is 16.6. The van der Waals surface area contributed by atoms with Gasteiger partial charge in [-0.3, -0.25) is 19.8 Å². The van der Waals surface area contributed by atoms with Crippen LogP contribution in [0.3, 0.4) is 0 Å². The monoisotopic (exact) mass is 411 g/mol. The summed E-state index contributed by atoms with van der Waals surface area (Å²) in [4.78, 5) is 30.2. The predicted molar refractivity (Wildman–Crippen MR) is 118 cm³/mol. The largest absolute Gasteiger partial charge is 0.378 e. The number of amides is 1. The number of rotatable bonds is 7. The highest BCUT2D eigenvalue weighted by Crippen LogP contribution is 2.25. The zero-order valence-corrected chi connectivity index (χ0v) is 17.7. The summed E-state index contributed by atoms with van der Waals surface area (Å²) in [5, 5.41) is 14.2. The van der Waals surface area contributed by atoms with Gasteiger partial charge in [-0.05, 0) is 30.8 Å². The average Bonchev–Trinajstić information content (AvgIpc) is 2.75. The van der Waals surface area contributed by atoms with Crippen molar-refractivity contribution in [2.24, 2.45) is 0 Å². The summed E-state index contributed by atoms with van der Waals surface area (Å²) < 4.78 is 0. The third-order valence-electron chi connectivity index (χ3n) is 5.57. The van der Waals surface area contributed by atoms with E-state index < -0.39 is 10.8 Å². The maximum Gasteiger partial charge on any atom is 0.282 e. The van der Waals surface area contributed by atoms with Crippen LogP contribution < -0.4 is 10.2 Å². The number of nitrogens with one attached hydrogen (secondary N) is 1. The van der Waals surface area contributed by atoms with E-state index in [4.69, 9.17) is 0 Å². The number of nitro benzene ring substituents is 1. The van der Waals surface area contributed by atoms with Gasteiger partial charge in [0.1, 0.15) is 5.56 Å². The molecule has 1 N–H and O–H groups in total. The Morgan fingerprint density at radius 2 is 1.73 bits per heavy atom. The average molecular weight is 412 g/mol. The van der Waals surface area contributed by atoms with Crippen molar-refractivity contribution in [3.8, 4) is 0 Å². The molecule has 1 heterocycles. The summed E-state index contributed by atoms with van der Waals surface area (Å²) in [6.45, 7) is 4.11. The molecule has 0 aromatic heterocycles. The number of hydrogen-bond acceptors (Lipinski definition) is 6. The Kier molecular flexibility index (Phi) is 7.02. The minimum Gasteiger partial charge on any atom is -0.378 e. The lowest BCUT2D eigenvalue weighted by Gasteiger charge is -2.38. The first kappa shape index (κ1) is 21.7. The summed E-state index contributed by atoms with van der Waals surface area (Å²) in [6.07, 6.45) is 0. The lowest BCUT2D eigenvalue weighted by atomic mass is 10.0. The van der Waals surface area contributed by atoms with Crippen molar-refractivity contribution in [1.29, 1.82) is 0 Å². The SMILES string of the molecule is CN1CCN([C@@H](CNC(=O)c2ccccc2[N+](=O)[O-])c2ccc(N(C)C)cc2)CC1. The van der Waals surface area contributed by atoms with E-state index in [1.165, 1.54) is 12.1 Å². The highest BCUT2D eigenvalue weighted by molar-refractivity contribution is 5.98. The molecule has 1 aliphatic heterocycles. The maximum atomic E-state index is 12.7. The van der Waals surface area contributed by atoms with Crippen molar-refractivity contribution in [3.63, 3.8) is 0 Å². The van der Waals surface area contributed by atoms with E-state index in [0.717, 1.165) is 37.4 Å². The number of anilines is 1. The number of nitrogens with zero attached hydrogens (tertiary/aromatic N) is 4. The second-order valence-electron chi connectivity index (χ2n) is 7.83. The Morgan fingerprint density at radius 1 is 1.10 bits per heavy atom. The fourth-order valence-corrected chi connectivity index (χ4v) is 3.70. The van der Waals surface area contributed by atoms with E-state index in [2.05, 4.69) is 46.4 Å². The maximum absolute atomic E-state index is 12.7. The zero-order valence-electron chi connectivity index (χ0n) is 17.7. The van der Waals surface area contributed by atoms with Gasteiger partial charge in [-0.1, -0.05) is 24.3 Å². The van der Waals surface area contributed by atoms with Crippen LogP contribution in [0.2, 0.25) is 0 Å². The molecule has 8 nitrogen and oxygen atoms in total. The molecule has 1 aliphatic rings. The van der Waals surface area contributed by atoms with Crippen LogP contribution in [0.25, 0.3) is 0 Å². The normalized spacial score (nSPS) is 16.1. The lowest BCUT2D eigenvalue weighted by molar-refractivity contribution is -0.385. The Balaban J connectivity index is 1.79. The first-order valence-corrected chi connectivity index (χ1v) is 10.1. The van der Waals surface area contributed by atoms with Crippen molar-refractivity contribution in [1.82, 2.24) is 15.1 Å². The molecule has 1 atom stereocenters. The quantitative estimate of drug-likeness (QED) is 0.557. The Hall–Kier alpha value is -2.97. The van der Waals surface area contributed by atoms with Crippen LogP contribution in [-0.4, -0.2) is 74.5 Å². The molecule has 0 unspecified atom stereocenters. The van der Waals surface area contributed by atoms with Gasteiger partial charge in [0.2, 0.25) is 0 Å². The molecule has 0 aliphatic carbocycles. The first-order valence-electron chi connectivity index (χ1n) is 10.1. The van der Waals surface area contributed by atoms with Gasteiger partial charge in [0, 0.05) is 58.6 Å². The number of nitro groups is 1. The molecule has 1 amide bonds. The molecule has 1 fully saturated rings. The van der Waals surface area contributed by atoms with Gasteiger partial charge in [-0.2, -0.15) is 0 Å². The fourth-order valence-electron chi connectivity index (χ4n) is 3.70. The molecule has 1 saturated heterocycles.